The van der Waals surface area contributed by atoms with Gasteiger partial charge in [0.05, 0.1) is 38.9 Å². The Morgan fingerprint density at radius 1 is 1.10 bits per heavy atom. The van der Waals surface area contributed by atoms with Crippen molar-refractivity contribution in [1.29, 1.82) is 0 Å². The summed E-state index contributed by atoms with van der Waals surface area (Å²) in [6.45, 7) is 9.88. The average molecular weight is 443 g/mol. The molecule has 0 radical (unpaired) electrons. The topological polar surface area (TPSA) is 68.7 Å². The maximum Gasteiger partial charge on any atom is 0.146 e. The predicted molar refractivity (Wildman–Crippen MR) is 125 cm³/mol. The summed E-state index contributed by atoms with van der Waals surface area (Å²) in [6, 6.07) is 7.66. The van der Waals surface area contributed by atoms with E-state index in [-0.39, 0.29) is 0 Å². The van der Waals surface area contributed by atoms with Crippen molar-refractivity contribution in [3.05, 3.63) is 40.5 Å². The number of fused-ring (bicyclic) bond motifs is 1. The van der Waals surface area contributed by atoms with Crippen molar-refractivity contribution < 1.29 is 14.2 Å². The molecule has 166 valence electrons. The molecular weight excluding hydrogens is 412 g/mol. The van der Waals surface area contributed by atoms with Crippen molar-refractivity contribution in [2.24, 2.45) is 0 Å². The molecule has 2 aromatic heterocycles. The molecule has 0 bridgehead atoms. The zero-order valence-corrected chi connectivity index (χ0v) is 19.3. The van der Waals surface area contributed by atoms with Crippen LogP contribution in [-0.2, 0) is 11.3 Å². The first-order chi connectivity index (χ1) is 15.1. The molecule has 4 rings (SSSR count). The van der Waals surface area contributed by atoms with E-state index in [1.807, 2.05) is 24.3 Å². The lowest BCUT2D eigenvalue weighted by Gasteiger charge is -2.25. The van der Waals surface area contributed by atoms with Crippen molar-refractivity contribution in [3.8, 4) is 11.5 Å². The van der Waals surface area contributed by atoms with Crippen LogP contribution in [0.5, 0.6) is 11.5 Å². The number of morpholine rings is 1. The summed E-state index contributed by atoms with van der Waals surface area (Å²) in [7, 11) is 1.66. The Morgan fingerprint density at radius 3 is 2.58 bits per heavy atom. The monoisotopic (exact) mass is 442 g/mol. The van der Waals surface area contributed by atoms with Crippen LogP contribution < -0.4 is 14.8 Å². The zero-order chi connectivity index (χ0) is 21.6. The second kappa shape index (κ2) is 10.3. The van der Waals surface area contributed by atoms with Gasteiger partial charge in [0.15, 0.2) is 0 Å². The van der Waals surface area contributed by atoms with Gasteiger partial charge in [-0.25, -0.2) is 9.97 Å². The van der Waals surface area contributed by atoms with Crippen molar-refractivity contribution in [1.82, 2.24) is 14.9 Å². The second-order valence-electron chi connectivity index (χ2n) is 7.64. The molecule has 1 N–H and O–H groups in total. The summed E-state index contributed by atoms with van der Waals surface area (Å²) >= 11 is 1.74. The molecule has 3 aromatic rings. The van der Waals surface area contributed by atoms with E-state index in [1.54, 1.807) is 18.4 Å². The van der Waals surface area contributed by atoms with Gasteiger partial charge in [-0.05, 0) is 50.1 Å². The number of thiophene rings is 1. The quantitative estimate of drug-likeness (QED) is 0.502. The number of aromatic nitrogens is 2. The van der Waals surface area contributed by atoms with Crippen molar-refractivity contribution >= 4 is 27.4 Å². The lowest BCUT2D eigenvalue weighted by Crippen LogP contribution is -2.36. The number of nitrogens with zero attached hydrogens (tertiary/aromatic N) is 3. The molecule has 31 heavy (non-hydrogen) atoms. The van der Waals surface area contributed by atoms with Crippen LogP contribution in [0.3, 0.4) is 0 Å². The van der Waals surface area contributed by atoms with Gasteiger partial charge in [-0.3, -0.25) is 4.90 Å². The summed E-state index contributed by atoms with van der Waals surface area (Å²) in [5.74, 6) is 3.48. The highest BCUT2D eigenvalue weighted by atomic mass is 32.1. The molecule has 3 heterocycles. The Bertz CT molecular complexity index is 1000. The predicted octanol–water partition coefficient (Wildman–Crippen LogP) is 4.03. The Kier molecular flexibility index (Phi) is 7.21. The zero-order valence-electron chi connectivity index (χ0n) is 18.4. The van der Waals surface area contributed by atoms with Crippen molar-refractivity contribution in [3.63, 3.8) is 0 Å². The number of aryl methyl sites for hydroxylation is 2. The van der Waals surface area contributed by atoms with Gasteiger partial charge in [0, 0.05) is 24.5 Å². The fourth-order valence-corrected chi connectivity index (χ4v) is 4.64. The van der Waals surface area contributed by atoms with Gasteiger partial charge in [-0.2, -0.15) is 0 Å². The van der Waals surface area contributed by atoms with Gasteiger partial charge in [0.1, 0.15) is 28.0 Å². The van der Waals surface area contributed by atoms with E-state index in [2.05, 4.69) is 24.1 Å². The van der Waals surface area contributed by atoms with Gasteiger partial charge >= 0.3 is 0 Å². The smallest absolute Gasteiger partial charge is 0.146 e. The highest BCUT2D eigenvalue weighted by Crippen LogP contribution is 2.33. The number of ether oxygens (including phenoxy) is 3. The van der Waals surface area contributed by atoms with Crippen molar-refractivity contribution in [2.75, 3.05) is 51.9 Å². The van der Waals surface area contributed by atoms with Crippen LogP contribution in [-0.4, -0.2) is 61.4 Å². The molecule has 0 amide bonds. The Morgan fingerprint density at radius 2 is 1.84 bits per heavy atom. The highest BCUT2D eigenvalue weighted by Gasteiger charge is 2.17. The molecule has 1 aliphatic rings. The third kappa shape index (κ3) is 5.44. The van der Waals surface area contributed by atoms with E-state index in [1.165, 1.54) is 10.4 Å². The molecule has 0 atom stereocenters. The molecule has 0 unspecified atom stereocenters. The summed E-state index contributed by atoms with van der Waals surface area (Å²) in [5.41, 5.74) is 1.26. The average Bonchev–Trinajstić information content (AvgIpc) is 3.08. The van der Waals surface area contributed by atoms with Crippen LogP contribution in [0.1, 0.15) is 22.7 Å². The first kappa shape index (κ1) is 21.8. The van der Waals surface area contributed by atoms with Crippen LogP contribution in [0.25, 0.3) is 10.2 Å². The van der Waals surface area contributed by atoms with Crippen LogP contribution in [0.4, 0.5) is 5.82 Å². The number of hydrogen-bond acceptors (Lipinski definition) is 8. The first-order valence-corrected chi connectivity index (χ1v) is 11.5. The van der Waals surface area contributed by atoms with Gasteiger partial charge in [-0.1, -0.05) is 0 Å². The fraction of sp³-hybridized carbons (Fsp3) is 0.478. The minimum atomic E-state index is 0.635. The second-order valence-corrected chi connectivity index (χ2v) is 8.85. The number of hydrogen-bond donors (Lipinski definition) is 1. The lowest BCUT2D eigenvalue weighted by atomic mass is 10.2. The van der Waals surface area contributed by atoms with Crippen LogP contribution in [0.15, 0.2) is 24.3 Å². The van der Waals surface area contributed by atoms with E-state index < -0.39 is 0 Å². The minimum absolute atomic E-state index is 0.635. The Balaban J connectivity index is 1.39. The van der Waals surface area contributed by atoms with Crippen LogP contribution in [0, 0.1) is 13.8 Å². The maximum absolute atomic E-state index is 5.84. The molecule has 0 saturated carbocycles. The van der Waals surface area contributed by atoms with E-state index in [9.17, 15) is 0 Å². The van der Waals surface area contributed by atoms with E-state index in [0.717, 1.165) is 79.2 Å². The SMILES string of the molecule is COc1ccc(OCCCNc2nc(CN3CCOCC3)nc3sc(C)c(C)c23)cc1. The number of nitrogens with one attached hydrogen (secondary N) is 1. The summed E-state index contributed by atoms with van der Waals surface area (Å²) < 4.78 is 16.5. The van der Waals surface area contributed by atoms with Gasteiger partial charge in [0.2, 0.25) is 0 Å². The normalized spacial score (nSPS) is 14.7. The van der Waals surface area contributed by atoms with E-state index in [0.29, 0.717) is 6.61 Å². The van der Waals surface area contributed by atoms with Crippen LogP contribution >= 0.6 is 11.3 Å². The lowest BCUT2D eigenvalue weighted by molar-refractivity contribution is 0.0331. The molecule has 1 fully saturated rings. The molecule has 0 spiro atoms. The molecule has 1 saturated heterocycles. The molecule has 8 heteroatoms. The van der Waals surface area contributed by atoms with Crippen molar-refractivity contribution in [2.45, 2.75) is 26.8 Å². The first-order valence-electron chi connectivity index (χ1n) is 10.7. The molecule has 7 nitrogen and oxygen atoms in total. The molecule has 1 aromatic carbocycles. The highest BCUT2D eigenvalue weighted by molar-refractivity contribution is 7.18. The number of methoxy groups -OCH3 is 1. The summed E-state index contributed by atoms with van der Waals surface area (Å²) in [6.07, 6.45) is 0.874. The molecule has 1 aliphatic heterocycles. The standard InChI is InChI=1S/C23H30N4O3S/c1-16-17(2)31-23-21(16)22(25-20(26-23)15-27-10-13-29-14-11-27)24-9-4-12-30-19-7-5-18(28-3)6-8-19/h5-8H,4,9-15H2,1-3H3,(H,24,25,26). The fourth-order valence-electron chi connectivity index (χ4n) is 3.59. The number of benzene rings is 1. The summed E-state index contributed by atoms with van der Waals surface area (Å²) in [5, 5.41) is 4.68. The third-order valence-electron chi connectivity index (χ3n) is 5.49. The number of rotatable bonds is 9. The Hall–Kier alpha value is -2.42. The Labute approximate surface area is 187 Å². The summed E-state index contributed by atoms with van der Waals surface area (Å²) in [4.78, 5) is 14.5. The minimum Gasteiger partial charge on any atom is -0.497 e. The van der Waals surface area contributed by atoms with Gasteiger partial charge < -0.3 is 19.5 Å². The molecular formula is C23H30N4O3S. The maximum atomic E-state index is 5.84. The molecule has 0 aliphatic carbocycles. The number of anilines is 1. The van der Waals surface area contributed by atoms with Crippen LogP contribution in [0.2, 0.25) is 0 Å². The van der Waals surface area contributed by atoms with Gasteiger partial charge in [0.25, 0.3) is 0 Å². The van der Waals surface area contributed by atoms with E-state index in [4.69, 9.17) is 24.2 Å². The third-order valence-corrected chi connectivity index (χ3v) is 6.59. The van der Waals surface area contributed by atoms with Gasteiger partial charge in [-0.15, -0.1) is 11.3 Å². The van der Waals surface area contributed by atoms with E-state index >= 15 is 0 Å². The largest absolute Gasteiger partial charge is 0.497 e.